The van der Waals surface area contributed by atoms with Crippen molar-refractivity contribution >= 4 is 49.8 Å². The molecule has 2 nitrogen and oxygen atoms in total. The molecule has 286 valence electrons. The number of fused-ring (bicyclic) bond motifs is 8. The molecule has 0 radical (unpaired) electrons. The number of rotatable bonds is 7. The van der Waals surface area contributed by atoms with Crippen LogP contribution in [0.5, 0.6) is 0 Å². The molecule has 0 fully saturated rings. The second-order valence-corrected chi connectivity index (χ2v) is 16.0. The van der Waals surface area contributed by atoms with Gasteiger partial charge in [0.15, 0.2) is 5.58 Å². The number of anilines is 3. The first kappa shape index (κ1) is 35.0. The predicted molar refractivity (Wildman–Crippen MR) is 254 cm³/mol. The number of hydrogen-bond donors (Lipinski definition) is 0. The molecular weight excluding hydrogens is 739 g/mol. The van der Waals surface area contributed by atoms with Crippen molar-refractivity contribution in [1.82, 2.24) is 0 Å². The zero-order valence-electron chi connectivity index (χ0n) is 33.4. The van der Waals surface area contributed by atoms with E-state index < -0.39 is 5.41 Å². The Labute approximate surface area is 355 Å². The van der Waals surface area contributed by atoms with Crippen molar-refractivity contribution in [3.8, 4) is 33.4 Å². The monoisotopic (exact) mass is 777 g/mol. The van der Waals surface area contributed by atoms with Gasteiger partial charge < -0.3 is 9.32 Å². The molecule has 12 rings (SSSR count). The molecule has 1 aliphatic carbocycles. The SMILES string of the molecule is c1ccc(-c2cccc(N(c3cccc(-c4ccc5c(c4)-c4ccccc4C5(c4ccccc4)c4ccccc4)c3)c3cccc4c3oc3c5ccccc5ccc43)c2)cc1. The molecule has 1 aliphatic rings. The van der Waals surface area contributed by atoms with Crippen molar-refractivity contribution in [2.24, 2.45) is 0 Å². The molecule has 10 aromatic carbocycles. The van der Waals surface area contributed by atoms with Gasteiger partial charge in [0.05, 0.1) is 11.1 Å². The van der Waals surface area contributed by atoms with Gasteiger partial charge in [-0.3, -0.25) is 0 Å². The Morgan fingerprint density at radius 1 is 0.328 bits per heavy atom. The highest BCUT2D eigenvalue weighted by Gasteiger charge is 2.46. The van der Waals surface area contributed by atoms with Gasteiger partial charge in [0.2, 0.25) is 0 Å². The zero-order chi connectivity index (χ0) is 40.3. The summed E-state index contributed by atoms with van der Waals surface area (Å²) < 4.78 is 6.99. The van der Waals surface area contributed by atoms with Crippen LogP contribution in [0.2, 0.25) is 0 Å². The molecule has 0 atom stereocenters. The lowest BCUT2D eigenvalue weighted by molar-refractivity contribution is 0.673. The summed E-state index contributed by atoms with van der Waals surface area (Å²) in [6.45, 7) is 0. The number of benzene rings is 10. The molecule has 0 N–H and O–H groups in total. The Kier molecular flexibility index (Phi) is 8.11. The van der Waals surface area contributed by atoms with E-state index in [1.165, 1.54) is 44.5 Å². The lowest BCUT2D eigenvalue weighted by atomic mass is 9.67. The van der Waals surface area contributed by atoms with Gasteiger partial charge in [0.25, 0.3) is 0 Å². The van der Waals surface area contributed by atoms with Crippen LogP contribution in [-0.2, 0) is 5.41 Å². The van der Waals surface area contributed by atoms with E-state index in [1.54, 1.807) is 0 Å². The second kappa shape index (κ2) is 14.1. The number of nitrogens with zero attached hydrogens (tertiary/aromatic N) is 1. The molecule has 1 aromatic heterocycles. The van der Waals surface area contributed by atoms with E-state index in [-0.39, 0.29) is 0 Å². The smallest absolute Gasteiger partial charge is 0.159 e. The minimum Gasteiger partial charge on any atom is -0.453 e. The molecule has 0 spiro atoms. The summed E-state index contributed by atoms with van der Waals surface area (Å²) in [5.74, 6) is 0. The van der Waals surface area contributed by atoms with E-state index in [2.05, 4.69) is 241 Å². The summed E-state index contributed by atoms with van der Waals surface area (Å²) >= 11 is 0. The minimum absolute atomic E-state index is 0.439. The fourth-order valence-electron chi connectivity index (χ4n) is 10.0. The van der Waals surface area contributed by atoms with Crippen molar-refractivity contribution in [3.05, 3.63) is 259 Å². The third-order valence-electron chi connectivity index (χ3n) is 12.7. The molecule has 11 aromatic rings. The van der Waals surface area contributed by atoms with Crippen molar-refractivity contribution in [1.29, 1.82) is 0 Å². The van der Waals surface area contributed by atoms with Crippen molar-refractivity contribution in [2.45, 2.75) is 5.41 Å². The van der Waals surface area contributed by atoms with E-state index in [0.717, 1.165) is 60.9 Å². The maximum Gasteiger partial charge on any atom is 0.159 e. The lowest BCUT2D eigenvalue weighted by Crippen LogP contribution is -2.28. The van der Waals surface area contributed by atoms with Crippen molar-refractivity contribution in [2.75, 3.05) is 4.90 Å². The van der Waals surface area contributed by atoms with Crippen LogP contribution < -0.4 is 4.90 Å². The van der Waals surface area contributed by atoms with Crippen LogP contribution in [0.1, 0.15) is 22.3 Å². The Balaban J connectivity index is 1.05. The highest BCUT2D eigenvalue weighted by Crippen LogP contribution is 2.57. The summed E-state index contributed by atoms with van der Waals surface area (Å²) in [5, 5.41) is 4.49. The van der Waals surface area contributed by atoms with E-state index in [9.17, 15) is 0 Å². The molecule has 1 heterocycles. The maximum atomic E-state index is 6.99. The third kappa shape index (κ3) is 5.50. The highest BCUT2D eigenvalue weighted by molar-refractivity contribution is 6.17. The Morgan fingerprint density at radius 3 is 1.61 bits per heavy atom. The van der Waals surface area contributed by atoms with Crippen molar-refractivity contribution < 1.29 is 4.42 Å². The fraction of sp³-hybridized carbons (Fsp3) is 0.0169. The Morgan fingerprint density at radius 2 is 0.869 bits per heavy atom. The largest absolute Gasteiger partial charge is 0.453 e. The van der Waals surface area contributed by atoms with Crippen LogP contribution in [-0.4, -0.2) is 0 Å². The third-order valence-corrected chi connectivity index (χ3v) is 12.7. The van der Waals surface area contributed by atoms with Gasteiger partial charge in [0.1, 0.15) is 5.58 Å². The van der Waals surface area contributed by atoms with E-state index in [1.807, 2.05) is 0 Å². The molecule has 0 amide bonds. The van der Waals surface area contributed by atoms with Crippen LogP contribution in [0.4, 0.5) is 17.1 Å². The highest BCUT2D eigenvalue weighted by atomic mass is 16.3. The summed E-state index contributed by atoms with van der Waals surface area (Å²) in [5.41, 5.74) is 16.7. The molecule has 2 heteroatoms. The quantitative estimate of drug-likeness (QED) is 0.160. The first-order chi connectivity index (χ1) is 30.3. The average Bonchev–Trinajstić information content (AvgIpc) is 3.87. The van der Waals surface area contributed by atoms with Gasteiger partial charge in [-0.1, -0.05) is 194 Å². The number of furan rings is 1. The van der Waals surface area contributed by atoms with Gasteiger partial charge >= 0.3 is 0 Å². The standard InChI is InChI=1S/C59H39NO/c1-4-17-40(18-5-1)42-20-14-26-47(37-42)60(56-32-16-30-51-52-35-33-41-19-10-11-28-49(41)57(52)61-58(51)56)48-27-15-21-43(38-48)44-34-36-55-53(39-44)50-29-12-13-31-54(50)59(55,45-22-6-2-7-23-45)46-24-8-3-9-25-46/h1-39H. The van der Waals surface area contributed by atoms with Crippen LogP contribution in [0, 0.1) is 0 Å². The summed E-state index contributed by atoms with van der Waals surface area (Å²) in [6, 6.07) is 85.9. The van der Waals surface area contributed by atoms with E-state index in [0.29, 0.717) is 0 Å². The molecule has 0 unspecified atom stereocenters. The summed E-state index contributed by atoms with van der Waals surface area (Å²) in [6.07, 6.45) is 0. The molecular formula is C59H39NO. The van der Waals surface area contributed by atoms with E-state index >= 15 is 0 Å². The Bertz CT molecular complexity index is 3380. The molecule has 0 saturated heterocycles. The van der Waals surface area contributed by atoms with Gasteiger partial charge in [-0.2, -0.15) is 0 Å². The molecule has 61 heavy (non-hydrogen) atoms. The Hall–Kier alpha value is -7.94. The fourth-order valence-corrected chi connectivity index (χ4v) is 10.0. The lowest BCUT2D eigenvalue weighted by Gasteiger charge is -2.33. The summed E-state index contributed by atoms with van der Waals surface area (Å²) in [4.78, 5) is 2.36. The number of hydrogen-bond acceptors (Lipinski definition) is 2. The molecule has 0 saturated carbocycles. The first-order valence-corrected chi connectivity index (χ1v) is 21.0. The predicted octanol–water partition coefficient (Wildman–Crippen LogP) is 15.9. The normalized spacial score (nSPS) is 12.7. The van der Waals surface area contributed by atoms with Gasteiger partial charge in [-0.25, -0.2) is 0 Å². The average molecular weight is 778 g/mol. The van der Waals surface area contributed by atoms with Gasteiger partial charge in [-0.15, -0.1) is 0 Å². The van der Waals surface area contributed by atoms with E-state index in [4.69, 9.17) is 4.42 Å². The summed E-state index contributed by atoms with van der Waals surface area (Å²) in [7, 11) is 0. The van der Waals surface area contributed by atoms with Crippen LogP contribution in [0.3, 0.4) is 0 Å². The van der Waals surface area contributed by atoms with Gasteiger partial charge in [-0.05, 0) is 103 Å². The second-order valence-electron chi connectivity index (χ2n) is 16.0. The number of para-hydroxylation sites is 1. The topological polar surface area (TPSA) is 16.4 Å². The van der Waals surface area contributed by atoms with Crippen LogP contribution in [0.25, 0.3) is 66.1 Å². The van der Waals surface area contributed by atoms with Crippen molar-refractivity contribution in [3.63, 3.8) is 0 Å². The molecule has 0 aliphatic heterocycles. The van der Waals surface area contributed by atoms with Gasteiger partial charge in [0, 0.05) is 27.5 Å². The zero-order valence-corrected chi connectivity index (χ0v) is 33.4. The first-order valence-electron chi connectivity index (χ1n) is 21.0. The van der Waals surface area contributed by atoms with Crippen LogP contribution in [0.15, 0.2) is 241 Å². The minimum atomic E-state index is -0.439. The molecule has 0 bridgehead atoms. The van der Waals surface area contributed by atoms with Crippen LogP contribution >= 0.6 is 0 Å². The maximum absolute atomic E-state index is 6.99.